The molecule has 1 N–H and O–H groups in total. The van der Waals surface area contributed by atoms with Crippen LogP contribution in [0.2, 0.25) is 10.0 Å². The van der Waals surface area contributed by atoms with Crippen molar-refractivity contribution in [1.29, 1.82) is 5.26 Å². The molecule has 2 aromatic rings. The Morgan fingerprint density at radius 2 is 1.84 bits per heavy atom. The molecule has 0 heterocycles. The fourth-order valence-corrected chi connectivity index (χ4v) is 2.43. The Morgan fingerprint density at radius 1 is 1.16 bits per heavy atom. The van der Waals surface area contributed by atoms with Crippen LogP contribution in [0.5, 0.6) is 5.75 Å². The van der Waals surface area contributed by atoms with Crippen molar-refractivity contribution in [2.45, 2.75) is 13.3 Å². The van der Waals surface area contributed by atoms with E-state index in [0.29, 0.717) is 21.3 Å². The second-order valence-electron chi connectivity index (χ2n) is 5.06. The maximum Gasteiger partial charge on any atom is 0.262 e. The highest BCUT2D eigenvalue weighted by molar-refractivity contribution is 6.31. The number of hydrogen-bond donors (Lipinski definition) is 1. The molecule has 2 aromatic carbocycles. The Kier molecular flexibility index (Phi) is 6.40. The lowest BCUT2D eigenvalue weighted by atomic mass is 10.1. The van der Waals surface area contributed by atoms with Crippen LogP contribution < -0.4 is 10.1 Å². The molecule has 0 saturated heterocycles. The number of carbonyl (C=O) groups is 2. The zero-order chi connectivity index (χ0) is 18.4. The van der Waals surface area contributed by atoms with Gasteiger partial charge in [0.2, 0.25) is 0 Å². The van der Waals surface area contributed by atoms with Crippen molar-refractivity contribution in [3.63, 3.8) is 0 Å². The summed E-state index contributed by atoms with van der Waals surface area (Å²) in [5, 5.41) is 12.4. The monoisotopic (exact) mass is 376 g/mol. The minimum absolute atomic E-state index is 0.139. The molecule has 5 nitrogen and oxygen atoms in total. The van der Waals surface area contributed by atoms with E-state index in [1.54, 1.807) is 25.1 Å². The summed E-state index contributed by atoms with van der Waals surface area (Å²) in [7, 11) is 0. The van der Waals surface area contributed by atoms with Crippen molar-refractivity contribution in [2.75, 3.05) is 11.9 Å². The van der Waals surface area contributed by atoms with Gasteiger partial charge >= 0.3 is 0 Å². The highest BCUT2D eigenvalue weighted by Crippen LogP contribution is 2.25. The molecule has 1 amide bonds. The number of benzene rings is 2. The van der Waals surface area contributed by atoms with Gasteiger partial charge in [-0.3, -0.25) is 9.59 Å². The van der Waals surface area contributed by atoms with E-state index < -0.39 is 5.91 Å². The molecule has 7 heteroatoms. The molecule has 0 aliphatic carbocycles. The van der Waals surface area contributed by atoms with Crippen molar-refractivity contribution in [1.82, 2.24) is 0 Å². The van der Waals surface area contributed by atoms with Crippen LogP contribution in [0.3, 0.4) is 0 Å². The molecule has 0 radical (unpaired) electrons. The van der Waals surface area contributed by atoms with Gasteiger partial charge in [0.15, 0.2) is 12.4 Å². The normalized spacial score (nSPS) is 10.0. The molecule has 0 atom stereocenters. The lowest BCUT2D eigenvalue weighted by molar-refractivity contribution is -0.118. The van der Waals surface area contributed by atoms with Crippen LogP contribution >= 0.6 is 23.2 Å². The number of halogens is 2. The van der Waals surface area contributed by atoms with Gasteiger partial charge in [0, 0.05) is 16.5 Å². The predicted octanol–water partition coefficient (Wildman–Crippen LogP) is 4.48. The first-order valence-corrected chi connectivity index (χ1v) is 8.15. The SMILES string of the molecule is CCC(=O)c1cc(Cl)ccc1OCC(=O)Nc1cc(Cl)ccc1C#N. The van der Waals surface area contributed by atoms with Gasteiger partial charge in [-0.25, -0.2) is 0 Å². The van der Waals surface area contributed by atoms with E-state index in [2.05, 4.69) is 5.32 Å². The van der Waals surface area contributed by atoms with Crippen LogP contribution in [0.25, 0.3) is 0 Å². The van der Waals surface area contributed by atoms with E-state index in [4.69, 9.17) is 33.2 Å². The number of anilines is 1. The quantitative estimate of drug-likeness (QED) is 0.753. The van der Waals surface area contributed by atoms with E-state index >= 15 is 0 Å². The third-order valence-electron chi connectivity index (χ3n) is 3.30. The number of Topliss-reactive ketones (excluding diaryl/α,β-unsaturated/α-hetero) is 1. The summed E-state index contributed by atoms with van der Waals surface area (Å²) in [6, 6.07) is 11.1. The molecule has 0 spiro atoms. The smallest absolute Gasteiger partial charge is 0.262 e. The Morgan fingerprint density at radius 3 is 2.52 bits per heavy atom. The zero-order valence-electron chi connectivity index (χ0n) is 13.3. The van der Waals surface area contributed by atoms with Gasteiger partial charge < -0.3 is 10.1 Å². The van der Waals surface area contributed by atoms with Gasteiger partial charge in [0.1, 0.15) is 11.8 Å². The minimum atomic E-state index is -0.483. The van der Waals surface area contributed by atoms with Crippen molar-refractivity contribution in [3.05, 3.63) is 57.6 Å². The number of ketones is 1. The van der Waals surface area contributed by atoms with Crippen LogP contribution in [-0.4, -0.2) is 18.3 Å². The van der Waals surface area contributed by atoms with E-state index in [-0.39, 0.29) is 30.1 Å². The van der Waals surface area contributed by atoms with E-state index in [9.17, 15) is 9.59 Å². The molecule has 0 aliphatic heterocycles. The Balaban J connectivity index is 2.10. The Bertz CT molecular complexity index is 860. The van der Waals surface area contributed by atoms with Crippen molar-refractivity contribution >= 4 is 40.6 Å². The Labute approximate surface area is 155 Å². The number of hydrogen-bond acceptors (Lipinski definition) is 4. The molecule has 0 aromatic heterocycles. The number of nitrogens with zero attached hydrogens (tertiary/aromatic N) is 1. The summed E-state index contributed by atoms with van der Waals surface area (Å²) >= 11 is 11.8. The topological polar surface area (TPSA) is 79.2 Å². The maximum absolute atomic E-state index is 12.1. The van der Waals surface area contributed by atoms with Crippen molar-refractivity contribution in [2.24, 2.45) is 0 Å². The van der Waals surface area contributed by atoms with Gasteiger partial charge in [-0.05, 0) is 36.4 Å². The zero-order valence-corrected chi connectivity index (χ0v) is 14.8. The minimum Gasteiger partial charge on any atom is -0.483 e. The second-order valence-corrected chi connectivity index (χ2v) is 5.93. The molecule has 2 rings (SSSR count). The van der Waals surface area contributed by atoms with Gasteiger partial charge in [-0.1, -0.05) is 30.1 Å². The average Bonchev–Trinajstić information content (AvgIpc) is 2.60. The summed E-state index contributed by atoms with van der Waals surface area (Å²) in [6.45, 7) is 1.39. The molecule has 0 aliphatic rings. The van der Waals surface area contributed by atoms with Crippen LogP contribution in [0.15, 0.2) is 36.4 Å². The predicted molar refractivity (Wildman–Crippen MR) is 96.4 cm³/mol. The average molecular weight is 377 g/mol. The molecule has 128 valence electrons. The van der Waals surface area contributed by atoms with Crippen LogP contribution in [-0.2, 0) is 4.79 Å². The number of rotatable bonds is 6. The summed E-state index contributed by atoms with van der Waals surface area (Å²) < 4.78 is 5.45. The van der Waals surface area contributed by atoms with Gasteiger partial charge in [0.05, 0.1) is 16.8 Å². The fourth-order valence-electron chi connectivity index (χ4n) is 2.08. The molecule has 25 heavy (non-hydrogen) atoms. The first kappa shape index (κ1) is 18.8. The summed E-state index contributed by atoms with van der Waals surface area (Å²) in [4.78, 5) is 24.0. The number of nitrogens with one attached hydrogen (secondary N) is 1. The number of nitriles is 1. The summed E-state index contributed by atoms with van der Waals surface area (Å²) in [5.41, 5.74) is 0.902. The Hall–Kier alpha value is -2.55. The molecule has 0 unspecified atom stereocenters. The van der Waals surface area contributed by atoms with Crippen molar-refractivity contribution in [3.8, 4) is 11.8 Å². The van der Waals surface area contributed by atoms with Gasteiger partial charge in [-0.15, -0.1) is 0 Å². The van der Waals surface area contributed by atoms with Crippen molar-refractivity contribution < 1.29 is 14.3 Å². The molecule has 0 fully saturated rings. The first-order chi connectivity index (χ1) is 11.9. The fraction of sp³-hybridized carbons (Fsp3) is 0.167. The van der Waals surface area contributed by atoms with Crippen LogP contribution in [0.1, 0.15) is 29.3 Å². The molecule has 0 bridgehead atoms. The highest BCUT2D eigenvalue weighted by atomic mass is 35.5. The number of ether oxygens (including phenoxy) is 1. The largest absolute Gasteiger partial charge is 0.483 e. The summed E-state index contributed by atoms with van der Waals surface area (Å²) in [6.07, 6.45) is 0.289. The molecule has 0 saturated carbocycles. The molecular weight excluding hydrogens is 363 g/mol. The van der Waals surface area contributed by atoms with Crippen LogP contribution in [0.4, 0.5) is 5.69 Å². The number of amides is 1. The van der Waals surface area contributed by atoms with E-state index in [1.165, 1.54) is 18.2 Å². The first-order valence-electron chi connectivity index (χ1n) is 7.39. The highest BCUT2D eigenvalue weighted by Gasteiger charge is 2.14. The summed E-state index contributed by atoms with van der Waals surface area (Å²) in [5.74, 6) is -0.346. The maximum atomic E-state index is 12.1. The second kappa shape index (κ2) is 8.52. The lowest BCUT2D eigenvalue weighted by Gasteiger charge is -2.12. The third-order valence-corrected chi connectivity index (χ3v) is 3.77. The lowest BCUT2D eigenvalue weighted by Crippen LogP contribution is -2.21. The number of carbonyl (C=O) groups excluding carboxylic acids is 2. The third kappa shape index (κ3) is 4.96. The van der Waals surface area contributed by atoms with Gasteiger partial charge in [0.25, 0.3) is 5.91 Å². The van der Waals surface area contributed by atoms with E-state index in [0.717, 1.165) is 0 Å². The van der Waals surface area contributed by atoms with Crippen LogP contribution in [0, 0.1) is 11.3 Å². The standard InChI is InChI=1S/C18H14Cl2N2O3/c1-2-16(23)14-7-12(19)5-6-17(14)25-10-18(24)22-15-8-13(20)4-3-11(15)9-21/h3-8H,2,10H2,1H3,(H,22,24). The van der Waals surface area contributed by atoms with E-state index in [1.807, 2.05) is 6.07 Å². The van der Waals surface area contributed by atoms with Gasteiger partial charge in [-0.2, -0.15) is 5.26 Å². The molecular formula is C18H14Cl2N2O3.